The Hall–Kier alpha value is -1.59. The molecule has 0 aliphatic carbocycles. The van der Waals surface area contributed by atoms with E-state index in [4.69, 9.17) is 0 Å². The Bertz CT molecular complexity index is 226. The van der Waals surface area contributed by atoms with Crippen LogP contribution in [-0.4, -0.2) is 38.6 Å². The van der Waals surface area contributed by atoms with Crippen LogP contribution in [0.1, 0.15) is 12.8 Å². The van der Waals surface area contributed by atoms with Crippen LogP contribution in [0, 0.1) is 0 Å². The first-order valence-electron chi connectivity index (χ1n) is 4.00. The number of methoxy groups -OCH3 is 2. The van der Waals surface area contributed by atoms with Crippen molar-refractivity contribution in [3.8, 4) is 0 Å². The highest BCUT2D eigenvalue weighted by Gasteiger charge is 2.09. The molecule has 0 aliphatic rings. The summed E-state index contributed by atoms with van der Waals surface area (Å²) in [5, 5.41) is 2.37. The Morgan fingerprint density at radius 1 is 1.07 bits per heavy atom. The van der Waals surface area contributed by atoms with Gasteiger partial charge in [-0.2, -0.15) is 0 Å². The zero-order valence-corrected chi connectivity index (χ0v) is 8.16. The number of nitrogens with one attached hydrogen (secondary N) is 1. The van der Waals surface area contributed by atoms with Gasteiger partial charge in [0, 0.05) is 6.54 Å². The summed E-state index contributed by atoms with van der Waals surface area (Å²) in [7, 11) is 2.46. The lowest BCUT2D eigenvalue weighted by Gasteiger charge is -2.02. The minimum Gasteiger partial charge on any atom is -0.469 e. The van der Waals surface area contributed by atoms with E-state index in [0.717, 1.165) is 0 Å². The molecule has 0 bridgehead atoms. The van der Waals surface area contributed by atoms with E-state index < -0.39 is 17.8 Å². The minimum atomic E-state index is -0.611. The van der Waals surface area contributed by atoms with Gasteiger partial charge in [-0.15, -0.1) is 0 Å². The van der Waals surface area contributed by atoms with Crippen molar-refractivity contribution in [2.24, 2.45) is 0 Å². The van der Waals surface area contributed by atoms with Gasteiger partial charge in [0.1, 0.15) is 6.42 Å². The Kier molecular flexibility index (Phi) is 6.09. The van der Waals surface area contributed by atoms with E-state index in [9.17, 15) is 14.4 Å². The van der Waals surface area contributed by atoms with Crippen LogP contribution in [-0.2, 0) is 23.9 Å². The minimum absolute atomic E-state index is 0.0867. The second-order valence-corrected chi connectivity index (χ2v) is 2.43. The van der Waals surface area contributed by atoms with Gasteiger partial charge in [0.25, 0.3) is 0 Å². The van der Waals surface area contributed by atoms with Crippen molar-refractivity contribution in [1.29, 1.82) is 0 Å². The van der Waals surface area contributed by atoms with Crippen LogP contribution in [0.15, 0.2) is 0 Å². The molecule has 0 fully saturated rings. The summed E-state index contributed by atoms with van der Waals surface area (Å²) in [5.41, 5.74) is 0. The van der Waals surface area contributed by atoms with Gasteiger partial charge in [-0.05, 0) is 0 Å². The molecule has 0 aromatic carbocycles. The van der Waals surface area contributed by atoms with Gasteiger partial charge in [0.05, 0.1) is 20.6 Å². The number of hydrogen-bond donors (Lipinski definition) is 1. The fourth-order valence-corrected chi connectivity index (χ4v) is 0.672. The molecule has 14 heavy (non-hydrogen) atoms. The molecule has 1 N–H and O–H groups in total. The van der Waals surface area contributed by atoms with Gasteiger partial charge in [0.2, 0.25) is 5.91 Å². The first kappa shape index (κ1) is 12.4. The van der Waals surface area contributed by atoms with Crippen molar-refractivity contribution in [2.45, 2.75) is 12.8 Å². The zero-order chi connectivity index (χ0) is 11.0. The maximum absolute atomic E-state index is 10.9. The molecule has 0 heterocycles. The van der Waals surface area contributed by atoms with Crippen LogP contribution in [0.3, 0.4) is 0 Å². The fourth-order valence-electron chi connectivity index (χ4n) is 0.672. The monoisotopic (exact) mass is 203 g/mol. The molecule has 1 amide bonds. The number of ether oxygens (including phenoxy) is 2. The topological polar surface area (TPSA) is 81.7 Å². The van der Waals surface area contributed by atoms with E-state index >= 15 is 0 Å². The van der Waals surface area contributed by atoms with E-state index in [-0.39, 0.29) is 19.4 Å². The molecule has 0 aliphatic heterocycles. The van der Waals surface area contributed by atoms with Crippen molar-refractivity contribution in [3.63, 3.8) is 0 Å². The molecule has 0 saturated heterocycles. The quantitative estimate of drug-likeness (QED) is 0.468. The summed E-state index contributed by atoms with van der Waals surface area (Å²) in [6.07, 6.45) is -0.249. The van der Waals surface area contributed by atoms with E-state index in [2.05, 4.69) is 14.8 Å². The first-order valence-corrected chi connectivity index (χ1v) is 4.00. The van der Waals surface area contributed by atoms with E-state index in [1.807, 2.05) is 0 Å². The van der Waals surface area contributed by atoms with Gasteiger partial charge in [0.15, 0.2) is 0 Å². The molecule has 0 atom stereocenters. The maximum atomic E-state index is 10.9. The summed E-state index contributed by atoms with van der Waals surface area (Å²) < 4.78 is 8.63. The first-order chi connectivity index (χ1) is 6.60. The van der Waals surface area contributed by atoms with Crippen molar-refractivity contribution >= 4 is 17.8 Å². The normalized spacial score (nSPS) is 9.00. The summed E-state index contributed by atoms with van der Waals surface area (Å²) in [4.78, 5) is 32.1. The third kappa shape index (κ3) is 5.99. The van der Waals surface area contributed by atoms with Crippen LogP contribution in [0.25, 0.3) is 0 Å². The number of hydrogen-bond acceptors (Lipinski definition) is 5. The largest absolute Gasteiger partial charge is 0.469 e. The van der Waals surface area contributed by atoms with Crippen molar-refractivity contribution in [1.82, 2.24) is 5.32 Å². The maximum Gasteiger partial charge on any atom is 0.315 e. The second kappa shape index (κ2) is 6.88. The number of esters is 2. The number of carbonyl (C=O) groups excluding carboxylic acids is 3. The molecule has 0 rings (SSSR count). The van der Waals surface area contributed by atoms with Gasteiger partial charge < -0.3 is 14.8 Å². The average Bonchev–Trinajstić information content (AvgIpc) is 2.17. The molecule has 0 spiro atoms. The van der Waals surface area contributed by atoms with Gasteiger partial charge in [-0.25, -0.2) is 0 Å². The SMILES string of the molecule is COC(=O)CCNC(=O)CC(=O)OC. The van der Waals surface area contributed by atoms with Crippen LogP contribution in [0.4, 0.5) is 0 Å². The van der Waals surface area contributed by atoms with Crippen molar-refractivity contribution in [3.05, 3.63) is 0 Å². The molecule has 0 aromatic rings. The predicted molar refractivity (Wildman–Crippen MR) is 46.3 cm³/mol. The van der Waals surface area contributed by atoms with E-state index in [0.29, 0.717) is 0 Å². The lowest BCUT2D eigenvalue weighted by atomic mass is 10.3. The van der Waals surface area contributed by atoms with Gasteiger partial charge in [-0.3, -0.25) is 14.4 Å². The summed E-state index contributed by atoms with van der Waals surface area (Å²) in [6, 6.07) is 0. The Morgan fingerprint density at radius 2 is 1.64 bits per heavy atom. The molecule has 0 saturated carbocycles. The van der Waals surface area contributed by atoms with E-state index in [1.165, 1.54) is 14.2 Å². The summed E-state index contributed by atoms with van der Waals surface area (Å²) in [5.74, 6) is -1.50. The second-order valence-electron chi connectivity index (χ2n) is 2.43. The lowest BCUT2D eigenvalue weighted by Crippen LogP contribution is -2.28. The smallest absolute Gasteiger partial charge is 0.315 e. The van der Waals surface area contributed by atoms with Crippen LogP contribution < -0.4 is 5.32 Å². The summed E-state index contributed by atoms with van der Waals surface area (Å²) >= 11 is 0. The molecule has 80 valence electrons. The average molecular weight is 203 g/mol. The standard InChI is InChI=1S/C8H13NO5/c1-13-7(11)3-4-9-6(10)5-8(12)14-2/h3-5H2,1-2H3,(H,9,10). The zero-order valence-electron chi connectivity index (χ0n) is 8.16. The van der Waals surface area contributed by atoms with Crippen LogP contribution >= 0.6 is 0 Å². The fraction of sp³-hybridized carbons (Fsp3) is 0.625. The van der Waals surface area contributed by atoms with Crippen LogP contribution in [0.5, 0.6) is 0 Å². The number of amides is 1. The lowest BCUT2D eigenvalue weighted by molar-refractivity contribution is -0.143. The van der Waals surface area contributed by atoms with E-state index in [1.54, 1.807) is 0 Å². The molecular weight excluding hydrogens is 190 g/mol. The molecular formula is C8H13NO5. The highest BCUT2D eigenvalue weighted by Crippen LogP contribution is 1.86. The molecule has 6 heteroatoms. The molecule has 0 radical (unpaired) electrons. The van der Waals surface area contributed by atoms with Crippen LogP contribution in [0.2, 0.25) is 0 Å². The molecule has 0 unspecified atom stereocenters. The number of rotatable bonds is 5. The Labute approximate surface area is 81.6 Å². The summed E-state index contributed by atoms with van der Waals surface area (Å²) in [6.45, 7) is 0.155. The number of carbonyl (C=O) groups is 3. The Morgan fingerprint density at radius 3 is 2.14 bits per heavy atom. The highest BCUT2D eigenvalue weighted by molar-refractivity contribution is 5.94. The third-order valence-electron chi connectivity index (χ3n) is 1.41. The van der Waals surface area contributed by atoms with Gasteiger partial charge >= 0.3 is 11.9 Å². The molecule has 6 nitrogen and oxygen atoms in total. The third-order valence-corrected chi connectivity index (χ3v) is 1.41. The van der Waals surface area contributed by atoms with Gasteiger partial charge in [-0.1, -0.05) is 0 Å². The highest BCUT2D eigenvalue weighted by atomic mass is 16.5. The molecule has 0 aromatic heterocycles. The van der Waals surface area contributed by atoms with Crippen molar-refractivity contribution in [2.75, 3.05) is 20.8 Å². The van der Waals surface area contributed by atoms with Crippen molar-refractivity contribution < 1.29 is 23.9 Å². The Balaban J connectivity index is 3.54. The predicted octanol–water partition coefficient (Wildman–Crippen LogP) is -0.771.